The van der Waals surface area contributed by atoms with Gasteiger partial charge in [-0.3, -0.25) is 0 Å². The molecule has 3 heteroatoms. The standard InChI is InChI=1S/C18H29N3/c1-13-11-14(2)20-18(16(13)12-19-3)21-10-6-8-15-7-4-5-9-17(15)21/h11,15,17,19H,4-10,12H2,1-3H3. The zero-order valence-corrected chi connectivity index (χ0v) is 13.8. The Bertz CT molecular complexity index is 495. The van der Waals surface area contributed by atoms with Gasteiger partial charge in [-0.15, -0.1) is 0 Å². The lowest BCUT2D eigenvalue weighted by atomic mass is 9.78. The highest BCUT2D eigenvalue weighted by molar-refractivity contribution is 5.53. The van der Waals surface area contributed by atoms with Crippen LogP contribution in [0.4, 0.5) is 5.82 Å². The van der Waals surface area contributed by atoms with E-state index in [2.05, 4.69) is 30.1 Å². The molecule has 0 amide bonds. The number of aryl methyl sites for hydroxylation is 2. The van der Waals surface area contributed by atoms with Crippen LogP contribution in [0.3, 0.4) is 0 Å². The summed E-state index contributed by atoms with van der Waals surface area (Å²) in [5, 5.41) is 3.33. The molecule has 116 valence electrons. The molecule has 1 aliphatic heterocycles. The second kappa shape index (κ2) is 6.35. The topological polar surface area (TPSA) is 28.2 Å². The van der Waals surface area contributed by atoms with Crippen LogP contribution in [-0.4, -0.2) is 24.6 Å². The molecule has 1 aromatic heterocycles. The van der Waals surface area contributed by atoms with Crippen LogP contribution in [-0.2, 0) is 6.54 Å². The van der Waals surface area contributed by atoms with Crippen LogP contribution in [0, 0.1) is 19.8 Å². The minimum absolute atomic E-state index is 0.733. The van der Waals surface area contributed by atoms with E-state index in [0.29, 0.717) is 0 Å². The highest BCUT2D eigenvalue weighted by Gasteiger charge is 2.34. The van der Waals surface area contributed by atoms with Gasteiger partial charge in [0.1, 0.15) is 5.82 Å². The Kier molecular flexibility index (Phi) is 4.48. The summed E-state index contributed by atoms with van der Waals surface area (Å²) in [5.74, 6) is 2.16. The Morgan fingerprint density at radius 2 is 1.95 bits per heavy atom. The van der Waals surface area contributed by atoms with Crippen molar-refractivity contribution in [2.24, 2.45) is 5.92 Å². The Morgan fingerprint density at radius 1 is 1.19 bits per heavy atom. The van der Waals surface area contributed by atoms with Crippen LogP contribution in [0.15, 0.2) is 6.07 Å². The SMILES string of the molecule is CNCc1c(C)cc(C)nc1N1CCCC2CCCCC21. The minimum Gasteiger partial charge on any atom is -0.353 e. The third-order valence-electron chi connectivity index (χ3n) is 5.32. The van der Waals surface area contributed by atoms with E-state index < -0.39 is 0 Å². The van der Waals surface area contributed by atoms with Gasteiger partial charge in [0.25, 0.3) is 0 Å². The van der Waals surface area contributed by atoms with Crippen molar-refractivity contribution in [2.45, 2.75) is 65.0 Å². The van der Waals surface area contributed by atoms with Crippen LogP contribution in [0.25, 0.3) is 0 Å². The first-order valence-electron chi connectivity index (χ1n) is 8.59. The average molecular weight is 287 g/mol. The monoisotopic (exact) mass is 287 g/mol. The number of fused-ring (bicyclic) bond motifs is 1. The normalized spacial score (nSPS) is 25.8. The highest BCUT2D eigenvalue weighted by Crippen LogP contribution is 2.38. The maximum absolute atomic E-state index is 4.95. The lowest BCUT2D eigenvalue weighted by Gasteiger charge is -2.45. The lowest BCUT2D eigenvalue weighted by molar-refractivity contribution is 0.242. The third-order valence-corrected chi connectivity index (χ3v) is 5.32. The number of hydrogen-bond donors (Lipinski definition) is 1. The fraction of sp³-hybridized carbons (Fsp3) is 0.722. The summed E-state index contributed by atoms with van der Waals surface area (Å²) < 4.78 is 0. The Hall–Kier alpha value is -1.09. The summed E-state index contributed by atoms with van der Waals surface area (Å²) in [6, 6.07) is 2.95. The molecule has 1 saturated heterocycles. The number of piperidine rings is 1. The summed E-state index contributed by atoms with van der Waals surface area (Å²) in [5.41, 5.74) is 3.93. The molecular weight excluding hydrogens is 258 g/mol. The second-order valence-electron chi connectivity index (χ2n) is 6.86. The van der Waals surface area contributed by atoms with Crippen LogP contribution < -0.4 is 10.2 Å². The van der Waals surface area contributed by atoms with Gasteiger partial charge in [0.15, 0.2) is 0 Å². The van der Waals surface area contributed by atoms with Gasteiger partial charge >= 0.3 is 0 Å². The fourth-order valence-electron chi connectivity index (χ4n) is 4.36. The summed E-state index contributed by atoms with van der Waals surface area (Å²) in [6.07, 6.45) is 8.36. The summed E-state index contributed by atoms with van der Waals surface area (Å²) in [6.45, 7) is 6.46. The van der Waals surface area contributed by atoms with Crippen molar-refractivity contribution >= 4 is 5.82 Å². The van der Waals surface area contributed by atoms with Crippen molar-refractivity contribution < 1.29 is 0 Å². The number of anilines is 1. The van der Waals surface area contributed by atoms with Crippen LogP contribution >= 0.6 is 0 Å². The van der Waals surface area contributed by atoms with Crippen molar-refractivity contribution in [2.75, 3.05) is 18.5 Å². The molecule has 21 heavy (non-hydrogen) atoms. The Morgan fingerprint density at radius 3 is 2.76 bits per heavy atom. The molecule has 1 aromatic rings. The van der Waals surface area contributed by atoms with Crippen molar-refractivity contribution in [3.63, 3.8) is 0 Å². The van der Waals surface area contributed by atoms with E-state index in [4.69, 9.17) is 4.98 Å². The molecule has 2 unspecified atom stereocenters. The van der Waals surface area contributed by atoms with Gasteiger partial charge in [-0.2, -0.15) is 0 Å². The average Bonchev–Trinajstić information content (AvgIpc) is 2.49. The van der Waals surface area contributed by atoms with Crippen molar-refractivity contribution in [3.8, 4) is 0 Å². The molecule has 2 heterocycles. The summed E-state index contributed by atoms with van der Waals surface area (Å²) >= 11 is 0. The highest BCUT2D eigenvalue weighted by atomic mass is 15.2. The van der Waals surface area contributed by atoms with Crippen molar-refractivity contribution in [3.05, 3.63) is 22.9 Å². The van der Waals surface area contributed by atoms with E-state index in [0.717, 1.165) is 24.2 Å². The number of nitrogens with zero attached hydrogens (tertiary/aromatic N) is 2. The maximum Gasteiger partial charge on any atom is 0.133 e. The molecule has 1 saturated carbocycles. The molecule has 3 rings (SSSR count). The zero-order chi connectivity index (χ0) is 14.8. The van der Waals surface area contributed by atoms with Gasteiger partial charge in [0.05, 0.1) is 0 Å². The van der Waals surface area contributed by atoms with Crippen molar-refractivity contribution in [1.82, 2.24) is 10.3 Å². The van der Waals surface area contributed by atoms with Crippen LogP contribution in [0.5, 0.6) is 0 Å². The fourth-order valence-corrected chi connectivity index (χ4v) is 4.36. The first kappa shape index (κ1) is 14.8. The third kappa shape index (κ3) is 2.94. The molecule has 0 radical (unpaired) electrons. The van der Waals surface area contributed by atoms with E-state index in [-0.39, 0.29) is 0 Å². The van der Waals surface area contributed by atoms with Crippen molar-refractivity contribution in [1.29, 1.82) is 0 Å². The largest absolute Gasteiger partial charge is 0.353 e. The number of pyridine rings is 1. The maximum atomic E-state index is 4.95. The predicted molar refractivity (Wildman–Crippen MR) is 88.8 cm³/mol. The number of rotatable bonds is 3. The Labute approximate surface area is 129 Å². The van der Waals surface area contributed by atoms with Gasteiger partial charge in [-0.25, -0.2) is 4.98 Å². The van der Waals surface area contributed by atoms with Gasteiger partial charge in [-0.05, 0) is 64.1 Å². The summed E-state index contributed by atoms with van der Waals surface area (Å²) in [4.78, 5) is 7.61. The smallest absolute Gasteiger partial charge is 0.133 e. The summed E-state index contributed by atoms with van der Waals surface area (Å²) in [7, 11) is 2.03. The predicted octanol–water partition coefficient (Wildman–Crippen LogP) is 3.58. The first-order valence-corrected chi connectivity index (χ1v) is 8.59. The van der Waals surface area contributed by atoms with E-state index in [9.17, 15) is 0 Å². The molecule has 2 aliphatic rings. The number of nitrogens with one attached hydrogen (secondary N) is 1. The van der Waals surface area contributed by atoms with Crippen LogP contribution in [0.1, 0.15) is 55.3 Å². The molecule has 2 fully saturated rings. The van der Waals surface area contributed by atoms with E-state index in [1.54, 1.807) is 0 Å². The van der Waals surface area contributed by atoms with Gasteiger partial charge in [-0.1, -0.05) is 12.8 Å². The second-order valence-corrected chi connectivity index (χ2v) is 6.86. The number of hydrogen-bond acceptors (Lipinski definition) is 3. The Balaban J connectivity index is 1.97. The van der Waals surface area contributed by atoms with Gasteiger partial charge in [0.2, 0.25) is 0 Å². The molecule has 1 aliphatic carbocycles. The van der Waals surface area contributed by atoms with Crippen LogP contribution in [0.2, 0.25) is 0 Å². The molecule has 0 aromatic carbocycles. The zero-order valence-electron chi connectivity index (χ0n) is 13.8. The van der Waals surface area contributed by atoms with E-state index >= 15 is 0 Å². The van der Waals surface area contributed by atoms with Gasteiger partial charge in [0, 0.05) is 30.4 Å². The molecule has 0 bridgehead atoms. The number of aromatic nitrogens is 1. The van der Waals surface area contributed by atoms with E-state index in [1.165, 1.54) is 62.0 Å². The minimum atomic E-state index is 0.733. The molecule has 1 N–H and O–H groups in total. The molecule has 3 nitrogen and oxygen atoms in total. The van der Waals surface area contributed by atoms with E-state index in [1.807, 2.05) is 7.05 Å². The quantitative estimate of drug-likeness (QED) is 0.921. The molecule has 2 atom stereocenters. The lowest BCUT2D eigenvalue weighted by Crippen LogP contribution is -2.47. The van der Waals surface area contributed by atoms with Gasteiger partial charge < -0.3 is 10.2 Å². The first-order chi connectivity index (χ1) is 10.2. The molecule has 0 spiro atoms. The molecular formula is C18H29N3.